The summed E-state index contributed by atoms with van der Waals surface area (Å²) < 4.78 is 16.8. The lowest BCUT2D eigenvalue weighted by Crippen LogP contribution is -2.30. The summed E-state index contributed by atoms with van der Waals surface area (Å²) in [7, 11) is 0. The van der Waals surface area contributed by atoms with Gasteiger partial charge in [0.05, 0.1) is 0 Å². The third kappa shape index (κ3) is 58.6. The fourth-order valence-electron chi connectivity index (χ4n) is 8.05. The average molecular weight is 1010 g/mol. The molecule has 73 heavy (non-hydrogen) atoms. The van der Waals surface area contributed by atoms with Crippen molar-refractivity contribution in [1.82, 2.24) is 0 Å². The number of rotatable bonds is 53. The molecule has 6 heteroatoms. The van der Waals surface area contributed by atoms with Gasteiger partial charge in [-0.05, 0) is 96.3 Å². The van der Waals surface area contributed by atoms with Gasteiger partial charge in [0.1, 0.15) is 13.2 Å². The van der Waals surface area contributed by atoms with Crippen LogP contribution in [0.2, 0.25) is 0 Å². The van der Waals surface area contributed by atoms with Gasteiger partial charge in [-0.15, -0.1) is 0 Å². The number of unbranched alkanes of at least 4 members (excludes halogenated alkanes) is 22. The number of carbonyl (C=O) groups excluding carboxylic acids is 3. The van der Waals surface area contributed by atoms with Crippen molar-refractivity contribution in [3.63, 3.8) is 0 Å². The quantitative estimate of drug-likeness (QED) is 0.0261. The predicted octanol–water partition coefficient (Wildman–Crippen LogP) is 20.4. The van der Waals surface area contributed by atoms with Crippen LogP contribution in [0.4, 0.5) is 0 Å². The molecule has 0 rings (SSSR count). The van der Waals surface area contributed by atoms with Gasteiger partial charge >= 0.3 is 17.9 Å². The summed E-state index contributed by atoms with van der Waals surface area (Å²) in [5, 5.41) is 0. The Morgan fingerprint density at radius 2 is 0.562 bits per heavy atom. The summed E-state index contributed by atoms with van der Waals surface area (Å²) in [5.74, 6) is -1.05. The molecule has 0 aromatic heterocycles. The fourth-order valence-corrected chi connectivity index (χ4v) is 8.05. The highest BCUT2D eigenvalue weighted by Crippen LogP contribution is 2.16. The van der Waals surface area contributed by atoms with Crippen LogP contribution in [0.3, 0.4) is 0 Å². The van der Waals surface area contributed by atoms with Crippen LogP contribution in [0.25, 0.3) is 0 Å². The molecule has 6 nitrogen and oxygen atoms in total. The van der Waals surface area contributed by atoms with E-state index in [9.17, 15) is 14.4 Å². The molecule has 0 aliphatic rings. The molecule has 0 spiro atoms. The zero-order valence-corrected chi connectivity index (χ0v) is 47.4. The highest BCUT2D eigenvalue weighted by Gasteiger charge is 2.19. The van der Waals surface area contributed by atoms with E-state index in [1.165, 1.54) is 116 Å². The van der Waals surface area contributed by atoms with E-state index < -0.39 is 12.1 Å². The minimum absolute atomic E-state index is 0.122. The average Bonchev–Trinajstić information content (AvgIpc) is 3.39. The van der Waals surface area contributed by atoms with Crippen LogP contribution in [-0.4, -0.2) is 37.2 Å². The highest BCUT2D eigenvalue weighted by atomic mass is 16.6. The fraction of sp³-hybridized carbons (Fsp3) is 0.657. The Balaban J connectivity index is 4.51. The smallest absolute Gasteiger partial charge is 0.306 e. The second kappa shape index (κ2) is 60.4. The Morgan fingerprint density at radius 3 is 0.890 bits per heavy atom. The van der Waals surface area contributed by atoms with Crippen LogP contribution in [0, 0.1) is 0 Å². The standard InChI is InChI=1S/C67H110O6/c1-4-7-10-13-16-19-22-25-28-30-32-33-35-36-39-42-45-48-51-54-57-60-66(69)72-63-64(62-71-65(68)59-56-53-50-47-44-41-38-27-24-21-18-15-12-9-6-3)73-67(70)61-58-55-52-49-46-43-40-37-34-31-29-26-23-20-17-14-11-8-5-2/h8-9,11-12,17-18,20-21,26-27,29,34,37-38,43-44,46-47,52,55,64H,4-7,10,13-16,19,22-25,28,30-33,35-36,39-42,45,48-51,53-54,56-63H2,1-3H3/b11-8-,12-9-,20-17-,21-18-,29-26-,37-34-,38-27-,46-43-,47-44-,55-52-/t64-/m1/s1. The zero-order chi connectivity index (χ0) is 52.9. The number of esters is 3. The molecule has 0 N–H and O–H groups in total. The van der Waals surface area contributed by atoms with Crippen molar-refractivity contribution in [2.24, 2.45) is 0 Å². The molecule has 414 valence electrons. The van der Waals surface area contributed by atoms with Gasteiger partial charge in [0.25, 0.3) is 0 Å². The molecular weight excluding hydrogens is 901 g/mol. The first kappa shape index (κ1) is 68.8. The van der Waals surface area contributed by atoms with Gasteiger partial charge in [-0.2, -0.15) is 0 Å². The van der Waals surface area contributed by atoms with Gasteiger partial charge in [-0.25, -0.2) is 0 Å². The second-order valence-corrected chi connectivity index (χ2v) is 19.5. The lowest BCUT2D eigenvalue weighted by Gasteiger charge is -2.18. The monoisotopic (exact) mass is 1010 g/mol. The van der Waals surface area contributed by atoms with Crippen LogP contribution in [-0.2, 0) is 28.6 Å². The van der Waals surface area contributed by atoms with Crippen LogP contribution >= 0.6 is 0 Å². The number of ether oxygens (including phenoxy) is 3. The van der Waals surface area contributed by atoms with E-state index in [-0.39, 0.29) is 38.0 Å². The Labute approximate surface area is 450 Å². The van der Waals surface area contributed by atoms with Crippen molar-refractivity contribution in [2.45, 2.75) is 271 Å². The SMILES string of the molecule is CC/C=C\C/C=C\C/C=C\C/C=C\C/C=C\C/C=C\CCC(=O)O[C@H](COC(=O)CCCC/C=C\C/C=C\C/C=C\C/C=C\CC)COC(=O)CCCCCCCCCCCCCCCCCCCCCCC. The Bertz CT molecular complexity index is 1540. The van der Waals surface area contributed by atoms with Gasteiger partial charge in [0, 0.05) is 19.3 Å². The third-order valence-electron chi connectivity index (χ3n) is 12.5. The molecule has 0 aromatic carbocycles. The normalized spacial score (nSPS) is 13.0. The molecule has 0 amide bonds. The predicted molar refractivity (Wildman–Crippen MR) is 316 cm³/mol. The number of allylic oxidation sites excluding steroid dienone is 20. The third-order valence-corrected chi connectivity index (χ3v) is 12.5. The number of hydrogen-bond acceptors (Lipinski definition) is 6. The molecule has 0 aliphatic heterocycles. The summed E-state index contributed by atoms with van der Waals surface area (Å²) in [6.45, 7) is 6.33. The lowest BCUT2D eigenvalue weighted by molar-refractivity contribution is -0.166. The molecule has 0 bridgehead atoms. The molecule has 0 saturated carbocycles. The maximum Gasteiger partial charge on any atom is 0.306 e. The first-order chi connectivity index (χ1) is 36.0. The summed E-state index contributed by atoms with van der Waals surface area (Å²) in [4.78, 5) is 38.2. The minimum Gasteiger partial charge on any atom is -0.462 e. The number of carbonyl (C=O) groups is 3. The van der Waals surface area contributed by atoms with Crippen molar-refractivity contribution in [1.29, 1.82) is 0 Å². The van der Waals surface area contributed by atoms with E-state index in [1.807, 2.05) is 12.2 Å². The van der Waals surface area contributed by atoms with Crippen molar-refractivity contribution in [3.05, 3.63) is 122 Å². The van der Waals surface area contributed by atoms with Crippen LogP contribution in [0.5, 0.6) is 0 Å². The molecule has 0 fully saturated rings. The first-order valence-corrected chi connectivity index (χ1v) is 30.0. The van der Waals surface area contributed by atoms with Gasteiger partial charge in [-0.3, -0.25) is 14.4 Å². The van der Waals surface area contributed by atoms with E-state index in [0.29, 0.717) is 19.3 Å². The Kier molecular flexibility index (Phi) is 56.9. The molecule has 0 unspecified atom stereocenters. The van der Waals surface area contributed by atoms with E-state index >= 15 is 0 Å². The molecule has 0 aliphatic carbocycles. The highest BCUT2D eigenvalue weighted by molar-refractivity contribution is 5.71. The number of hydrogen-bond donors (Lipinski definition) is 0. The Hall–Kier alpha value is -4.19. The van der Waals surface area contributed by atoms with Gasteiger partial charge in [-0.1, -0.05) is 271 Å². The van der Waals surface area contributed by atoms with Crippen LogP contribution < -0.4 is 0 Å². The Morgan fingerprint density at radius 1 is 0.288 bits per heavy atom. The first-order valence-electron chi connectivity index (χ1n) is 30.0. The van der Waals surface area contributed by atoms with E-state index in [2.05, 4.69) is 130 Å². The van der Waals surface area contributed by atoms with Gasteiger partial charge < -0.3 is 14.2 Å². The minimum atomic E-state index is -0.838. The van der Waals surface area contributed by atoms with Crippen molar-refractivity contribution in [2.75, 3.05) is 13.2 Å². The van der Waals surface area contributed by atoms with Crippen LogP contribution in [0.15, 0.2) is 122 Å². The summed E-state index contributed by atoms with van der Waals surface area (Å²) in [6, 6.07) is 0. The van der Waals surface area contributed by atoms with Crippen molar-refractivity contribution >= 4 is 17.9 Å². The second-order valence-electron chi connectivity index (χ2n) is 19.5. The lowest BCUT2D eigenvalue weighted by atomic mass is 10.0. The summed E-state index contributed by atoms with van der Waals surface area (Å²) in [6.07, 6.45) is 83.6. The van der Waals surface area contributed by atoms with Gasteiger partial charge in [0.2, 0.25) is 0 Å². The molecule has 0 aromatic rings. The maximum atomic E-state index is 12.8. The molecular formula is C67H110O6. The van der Waals surface area contributed by atoms with Crippen molar-refractivity contribution in [3.8, 4) is 0 Å². The van der Waals surface area contributed by atoms with Crippen molar-refractivity contribution < 1.29 is 28.6 Å². The molecule has 0 saturated heterocycles. The largest absolute Gasteiger partial charge is 0.462 e. The topological polar surface area (TPSA) is 78.9 Å². The molecule has 1 atom stereocenters. The summed E-state index contributed by atoms with van der Waals surface area (Å²) in [5.41, 5.74) is 0. The zero-order valence-electron chi connectivity index (χ0n) is 47.4. The van der Waals surface area contributed by atoms with Crippen LogP contribution in [0.1, 0.15) is 265 Å². The van der Waals surface area contributed by atoms with E-state index in [0.717, 1.165) is 96.3 Å². The summed E-state index contributed by atoms with van der Waals surface area (Å²) >= 11 is 0. The van der Waals surface area contributed by atoms with Gasteiger partial charge in [0.15, 0.2) is 6.10 Å². The molecule has 0 radical (unpaired) electrons. The molecule has 0 heterocycles. The van der Waals surface area contributed by atoms with E-state index in [1.54, 1.807) is 0 Å². The maximum absolute atomic E-state index is 12.8. The van der Waals surface area contributed by atoms with E-state index in [4.69, 9.17) is 14.2 Å².